The quantitative estimate of drug-likeness (QED) is 0.845. The summed E-state index contributed by atoms with van der Waals surface area (Å²) in [4.78, 5) is 2.58. The summed E-state index contributed by atoms with van der Waals surface area (Å²) in [6.07, 6.45) is -10.6. The molecule has 0 bridgehead atoms. The van der Waals surface area contributed by atoms with Gasteiger partial charge in [0.25, 0.3) is 0 Å². The fraction of sp³-hybridized carbons (Fsp3) is 0.375. The van der Waals surface area contributed by atoms with Gasteiger partial charge in [-0.2, -0.15) is 13.2 Å². The van der Waals surface area contributed by atoms with E-state index in [1.807, 2.05) is 0 Å². The first-order valence-corrected chi connectivity index (χ1v) is 4.16. The molecular weight excluding hydrogens is 275 g/mol. The summed E-state index contributed by atoms with van der Waals surface area (Å²) in [6, 6.07) is 0. The van der Waals surface area contributed by atoms with Crippen molar-refractivity contribution in [3.63, 3.8) is 0 Å². The molecule has 1 aromatic heterocycles. The molecule has 0 saturated carbocycles. The molecule has 0 aliphatic heterocycles. The van der Waals surface area contributed by atoms with E-state index >= 15 is 0 Å². The van der Waals surface area contributed by atoms with Crippen LogP contribution in [0.2, 0.25) is 0 Å². The molecule has 0 fully saturated rings. The van der Waals surface area contributed by atoms with Crippen LogP contribution in [0.25, 0.3) is 0 Å². The minimum absolute atomic E-state index is 0.195. The van der Waals surface area contributed by atoms with Crippen LogP contribution in [-0.4, -0.2) is 16.5 Å². The van der Waals surface area contributed by atoms with Crippen molar-refractivity contribution in [2.45, 2.75) is 19.2 Å². The second-order valence-corrected chi connectivity index (χ2v) is 2.98. The monoisotopic (exact) mass is 279 g/mol. The van der Waals surface area contributed by atoms with Crippen molar-refractivity contribution < 1.29 is 40.6 Å². The highest BCUT2D eigenvalue weighted by Gasteiger charge is 2.42. The molecule has 0 unspecified atom stereocenters. The molecule has 0 aromatic carbocycles. The molecule has 0 spiro atoms. The molecular formula is C8H4F7NO2. The molecule has 1 rings (SSSR count). The van der Waals surface area contributed by atoms with Gasteiger partial charge in [-0.3, -0.25) is 0 Å². The predicted octanol–water partition coefficient (Wildman–Crippen LogP) is 3.17. The van der Waals surface area contributed by atoms with Crippen LogP contribution >= 0.6 is 0 Å². The third-order valence-corrected chi connectivity index (χ3v) is 1.73. The number of ether oxygens (including phenoxy) is 1. The van der Waals surface area contributed by atoms with Crippen molar-refractivity contribution in [3.05, 3.63) is 17.5 Å². The van der Waals surface area contributed by atoms with Gasteiger partial charge in [0.15, 0.2) is 11.4 Å². The van der Waals surface area contributed by atoms with E-state index in [9.17, 15) is 30.7 Å². The van der Waals surface area contributed by atoms with Crippen LogP contribution in [0.4, 0.5) is 30.7 Å². The molecule has 0 saturated heterocycles. The van der Waals surface area contributed by atoms with Gasteiger partial charge in [-0.05, 0) is 0 Å². The van der Waals surface area contributed by atoms with Crippen LogP contribution in [-0.2, 0) is 12.9 Å². The summed E-state index contributed by atoms with van der Waals surface area (Å²) >= 11 is 0. The zero-order valence-electron chi connectivity index (χ0n) is 8.23. The predicted molar refractivity (Wildman–Crippen MR) is 42.4 cm³/mol. The average molecular weight is 279 g/mol. The van der Waals surface area contributed by atoms with Crippen molar-refractivity contribution in [2.75, 3.05) is 0 Å². The van der Waals surface area contributed by atoms with Crippen LogP contribution in [0, 0.1) is 0 Å². The molecule has 1 heterocycles. The third-order valence-electron chi connectivity index (χ3n) is 1.73. The Morgan fingerprint density at radius 1 is 1.17 bits per heavy atom. The van der Waals surface area contributed by atoms with Gasteiger partial charge in [0.05, 0.1) is 11.8 Å². The molecule has 1 N–H and O–H groups in total. The Kier molecular flexibility index (Phi) is 3.58. The number of halogens is 7. The highest BCUT2D eigenvalue weighted by molar-refractivity contribution is 5.46. The Morgan fingerprint density at radius 3 is 2.11 bits per heavy atom. The maximum absolute atomic E-state index is 12.4. The number of aromatic hydroxyl groups is 1. The Hall–Kier alpha value is -1.74. The summed E-state index contributed by atoms with van der Waals surface area (Å²) in [7, 11) is 0. The van der Waals surface area contributed by atoms with Gasteiger partial charge in [-0.15, -0.1) is 13.2 Å². The van der Waals surface area contributed by atoms with Crippen molar-refractivity contribution in [3.8, 4) is 11.5 Å². The first-order chi connectivity index (χ1) is 8.06. The van der Waals surface area contributed by atoms with Gasteiger partial charge < -0.3 is 9.84 Å². The Labute approximate surface area is 94.8 Å². The van der Waals surface area contributed by atoms with Crippen LogP contribution in [0.3, 0.4) is 0 Å². The van der Waals surface area contributed by atoms with Crippen LogP contribution in [0.1, 0.15) is 11.3 Å². The first kappa shape index (κ1) is 14.3. The van der Waals surface area contributed by atoms with E-state index in [0.29, 0.717) is 0 Å². The largest absolute Gasteiger partial charge is 0.573 e. The molecule has 18 heavy (non-hydrogen) atoms. The second kappa shape index (κ2) is 4.50. The van der Waals surface area contributed by atoms with Gasteiger partial charge in [-0.25, -0.2) is 9.37 Å². The molecule has 0 aliphatic carbocycles. The third kappa shape index (κ3) is 3.14. The lowest BCUT2D eigenvalue weighted by Crippen LogP contribution is -2.22. The van der Waals surface area contributed by atoms with E-state index in [0.717, 1.165) is 0 Å². The number of rotatable bonds is 2. The Balaban J connectivity index is 3.45. The molecule has 0 amide bonds. The average Bonchev–Trinajstić information content (AvgIpc) is 2.13. The van der Waals surface area contributed by atoms with E-state index in [2.05, 4.69) is 9.72 Å². The summed E-state index contributed by atoms with van der Waals surface area (Å²) in [5.41, 5.74) is -3.33. The number of nitrogens with zero attached hydrogens (tertiary/aromatic N) is 1. The van der Waals surface area contributed by atoms with Gasteiger partial charge in [0, 0.05) is 0 Å². The van der Waals surface area contributed by atoms with Crippen molar-refractivity contribution in [1.29, 1.82) is 0 Å². The fourth-order valence-electron chi connectivity index (χ4n) is 1.08. The zero-order chi connectivity index (χ0) is 14.1. The highest BCUT2D eigenvalue weighted by Crippen LogP contribution is 2.42. The van der Waals surface area contributed by atoms with E-state index < -0.39 is 42.0 Å². The molecule has 0 radical (unpaired) electrons. The van der Waals surface area contributed by atoms with Crippen molar-refractivity contribution >= 4 is 0 Å². The smallest absolute Gasteiger partial charge is 0.506 e. The normalized spacial score (nSPS) is 12.6. The van der Waals surface area contributed by atoms with Crippen molar-refractivity contribution in [2.24, 2.45) is 0 Å². The van der Waals surface area contributed by atoms with Crippen LogP contribution in [0.15, 0.2) is 6.20 Å². The molecule has 102 valence electrons. The minimum atomic E-state index is -5.47. The molecule has 3 nitrogen and oxygen atoms in total. The number of hydrogen-bond donors (Lipinski definition) is 1. The summed E-state index contributed by atoms with van der Waals surface area (Å²) in [5.74, 6) is -3.05. The fourth-order valence-corrected chi connectivity index (χ4v) is 1.08. The summed E-state index contributed by atoms with van der Waals surface area (Å²) < 4.78 is 88.3. The SMILES string of the molecule is Oc1cnc(C(F)(F)F)c(OC(F)(F)F)c1CF. The molecule has 10 heteroatoms. The summed E-state index contributed by atoms with van der Waals surface area (Å²) in [6.45, 7) is -1.77. The second-order valence-electron chi connectivity index (χ2n) is 2.98. The lowest BCUT2D eigenvalue weighted by molar-refractivity contribution is -0.276. The van der Waals surface area contributed by atoms with E-state index in [-0.39, 0.29) is 6.20 Å². The van der Waals surface area contributed by atoms with Crippen LogP contribution in [0.5, 0.6) is 11.5 Å². The van der Waals surface area contributed by atoms with E-state index in [4.69, 9.17) is 5.11 Å². The van der Waals surface area contributed by atoms with E-state index in [1.165, 1.54) is 0 Å². The Morgan fingerprint density at radius 2 is 1.72 bits per heavy atom. The number of alkyl halides is 7. The van der Waals surface area contributed by atoms with Crippen molar-refractivity contribution in [1.82, 2.24) is 4.98 Å². The molecule has 0 atom stereocenters. The maximum Gasteiger partial charge on any atom is 0.573 e. The first-order valence-electron chi connectivity index (χ1n) is 4.16. The highest BCUT2D eigenvalue weighted by atomic mass is 19.4. The number of pyridine rings is 1. The zero-order valence-corrected chi connectivity index (χ0v) is 8.23. The summed E-state index contributed by atoms with van der Waals surface area (Å²) in [5, 5.41) is 8.96. The van der Waals surface area contributed by atoms with Gasteiger partial charge in [0.2, 0.25) is 0 Å². The minimum Gasteiger partial charge on any atom is -0.506 e. The van der Waals surface area contributed by atoms with E-state index in [1.54, 1.807) is 0 Å². The number of aromatic nitrogens is 1. The van der Waals surface area contributed by atoms with Gasteiger partial charge in [0.1, 0.15) is 12.4 Å². The lowest BCUT2D eigenvalue weighted by Gasteiger charge is -2.17. The topological polar surface area (TPSA) is 42.4 Å². The molecule has 0 aliphatic rings. The molecule has 1 aromatic rings. The Bertz CT molecular complexity index is 440. The van der Waals surface area contributed by atoms with Crippen LogP contribution < -0.4 is 4.74 Å². The van der Waals surface area contributed by atoms with Gasteiger partial charge >= 0.3 is 12.5 Å². The lowest BCUT2D eigenvalue weighted by atomic mass is 10.2. The maximum atomic E-state index is 12.4. The number of hydrogen-bond acceptors (Lipinski definition) is 3. The standard InChI is InChI=1S/C8H4F7NO2/c9-1-3-4(17)2-16-6(7(10,11)12)5(3)18-8(13,14)15/h2,17H,1H2. The van der Waals surface area contributed by atoms with Gasteiger partial charge in [-0.1, -0.05) is 0 Å².